The number of carbonyl (C=O) groups excluding carboxylic acids is 1. The van der Waals surface area contributed by atoms with E-state index in [1.54, 1.807) is 11.3 Å². The molecule has 1 N–H and O–H groups in total. The Bertz CT molecular complexity index is 599. The zero-order chi connectivity index (χ0) is 13.8. The summed E-state index contributed by atoms with van der Waals surface area (Å²) >= 11 is 1.71. The second-order valence-corrected chi connectivity index (χ2v) is 6.21. The van der Waals surface area contributed by atoms with Crippen molar-refractivity contribution in [2.45, 2.75) is 25.7 Å². The third kappa shape index (κ3) is 3.07. The summed E-state index contributed by atoms with van der Waals surface area (Å²) < 4.78 is 1.21. The predicted molar refractivity (Wildman–Crippen MR) is 82.8 cm³/mol. The van der Waals surface area contributed by atoms with E-state index in [4.69, 9.17) is 0 Å². The summed E-state index contributed by atoms with van der Waals surface area (Å²) in [7, 11) is 0. The molecule has 20 heavy (non-hydrogen) atoms. The molecule has 2 aromatic rings. The molecule has 0 radical (unpaired) electrons. The van der Waals surface area contributed by atoms with Crippen molar-refractivity contribution in [3.8, 4) is 0 Å². The van der Waals surface area contributed by atoms with E-state index in [-0.39, 0.29) is 11.8 Å². The van der Waals surface area contributed by atoms with Gasteiger partial charge in [0.1, 0.15) is 0 Å². The van der Waals surface area contributed by atoms with Crippen molar-refractivity contribution in [1.82, 2.24) is 10.3 Å². The van der Waals surface area contributed by atoms with Gasteiger partial charge in [0, 0.05) is 18.9 Å². The van der Waals surface area contributed by atoms with Gasteiger partial charge in [0.05, 0.1) is 15.2 Å². The summed E-state index contributed by atoms with van der Waals surface area (Å²) in [6.07, 6.45) is 7.96. The Balaban J connectivity index is 1.52. The van der Waals surface area contributed by atoms with Gasteiger partial charge in [0.25, 0.3) is 0 Å². The van der Waals surface area contributed by atoms with Crippen LogP contribution in [0.3, 0.4) is 0 Å². The summed E-state index contributed by atoms with van der Waals surface area (Å²) in [5.41, 5.74) is 1.05. The van der Waals surface area contributed by atoms with E-state index in [0.29, 0.717) is 6.54 Å². The van der Waals surface area contributed by atoms with Crippen molar-refractivity contribution in [2.24, 2.45) is 5.92 Å². The summed E-state index contributed by atoms with van der Waals surface area (Å²) in [5.74, 6) is 0.353. The molecule has 1 atom stereocenters. The predicted octanol–water partition coefficient (Wildman–Crippen LogP) is 3.31. The summed E-state index contributed by atoms with van der Waals surface area (Å²) in [5, 5.41) is 4.13. The number of nitrogens with zero attached hydrogens (tertiary/aromatic N) is 1. The lowest BCUT2D eigenvalue weighted by Gasteiger charge is -2.16. The van der Waals surface area contributed by atoms with Crippen molar-refractivity contribution in [3.63, 3.8) is 0 Å². The number of carbonyl (C=O) groups is 1. The minimum atomic E-state index is 0.162. The first-order valence-corrected chi connectivity index (χ1v) is 7.92. The molecule has 1 aliphatic rings. The van der Waals surface area contributed by atoms with Crippen molar-refractivity contribution in [3.05, 3.63) is 41.4 Å². The largest absolute Gasteiger partial charge is 0.355 e. The van der Waals surface area contributed by atoms with Gasteiger partial charge in [0.2, 0.25) is 5.91 Å². The fourth-order valence-electron chi connectivity index (χ4n) is 2.50. The topological polar surface area (TPSA) is 42.0 Å². The van der Waals surface area contributed by atoms with Gasteiger partial charge in [-0.15, -0.1) is 11.3 Å². The molecule has 0 aliphatic heterocycles. The molecule has 0 fully saturated rings. The quantitative estimate of drug-likeness (QED) is 0.876. The summed E-state index contributed by atoms with van der Waals surface area (Å²) in [6.45, 7) is 0.679. The molecule has 0 saturated heterocycles. The molecule has 1 unspecified atom stereocenters. The Morgan fingerprint density at radius 2 is 2.25 bits per heavy atom. The zero-order valence-electron chi connectivity index (χ0n) is 11.3. The number of aromatic nitrogens is 1. The average molecular weight is 286 g/mol. The Morgan fingerprint density at radius 3 is 3.05 bits per heavy atom. The fraction of sp³-hybridized carbons (Fsp3) is 0.375. The van der Waals surface area contributed by atoms with Crippen LogP contribution >= 0.6 is 11.3 Å². The molecule has 1 amide bonds. The number of benzene rings is 1. The van der Waals surface area contributed by atoms with E-state index in [2.05, 4.69) is 28.5 Å². The molecule has 1 heterocycles. The molecule has 1 aromatic heterocycles. The minimum Gasteiger partial charge on any atom is -0.355 e. The van der Waals surface area contributed by atoms with Crippen LogP contribution in [0.1, 0.15) is 24.3 Å². The van der Waals surface area contributed by atoms with Crippen LogP contribution < -0.4 is 5.32 Å². The highest BCUT2D eigenvalue weighted by molar-refractivity contribution is 7.18. The highest BCUT2D eigenvalue weighted by atomic mass is 32.1. The van der Waals surface area contributed by atoms with Gasteiger partial charge >= 0.3 is 0 Å². The number of rotatable bonds is 4. The number of allylic oxidation sites excluding steroid dienone is 2. The van der Waals surface area contributed by atoms with Crippen LogP contribution in [-0.2, 0) is 11.2 Å². The second-order valence-electron chi connectivity index (χ2n) is 5.10. The first-order valence-electron chi connectivity index (χ1n) is 7.10. The molecule has 3 nitrogen and oxygen atoms in total. The van der Waals surface area contributed by atoms with Crippen molar-refractivity contribution < 1.29 is 4.79 Å². The number of hydrogen-bond acceptors (Lipinski definition) is 3. The van der Waals surface area contributed by atoms with Crippen LogP contribution in [0.15, 0.2) is 36.4 Å². The van der Waals surface area contributed by atoms with Gasteiger partial charge in [-0.05, 0) is 31.4 Å². The molecular weight excluding hydrogens is 268 g/mol. The molecule has 3 rings (SSSR count). The van der Waals surface area contributed by atoms with Crippen LogP contribution in [-0.4, -0.2) is 17.4 Å². The summed E-state index contributed by atoms with van der Waals surface area (Å²) in [6, 6.07) is 8.15. The Morgan fingerprint density at radius 1 is 1.35 bits per heavy atom. The van der Waals surface area contributed by atoms with E-state index in [1.165, 1.54) is 4.70 Å². The number of amides is 1. The van der Waals surface area contributed by atoms with E-state index in [9.17, 15) is 4.79 Å². The first-order chi connectivity index (χ1) is 9.83. The van der Waals surface area contributed by atoms with Crippen LogP contribution in [0.2, 0.25) is 0 Å². The second kappa shape index (κ2) is 6.18. The van der Waals surface area contributed by atoms with Crippen molar-refractivity contribution in [1.29, 1.82) is 0 Å². The first kappa shape index (κ1) is 13.3. The van der Waals surface area contributed by atoms with Gasteiger partial charge < -0.3 is 5.32 Å². The van der Waals surface area contributed by atoms with E-state index < -0.39 is 0 Å². The third-order valence-corrected chi connectivity index (χ3v) is 4.71. The smallest absolute Gasteiger partial charge is 0.223 e. The lowest BCUT2D eigenvalue weighted by molar-refractivity contribution is -0.125. The van der Waals surface area contributed by atoms with Crippen LogP contribution in [0, 0.1) is 5.92 Å². The van der Waals surface area contributed by atoms with Gasteiger partial charge in [0.15, 0.2) is 0 Å². The van der Waals surface area contributed by atoms with Crippen LogP contribution in [0.25, 0.3) is 10.2 Å². The van der Waals surface area contributed by atoms with E-state index >= 15 is 0 Å². The highest BCUT2D eigenvalue weighted by Gasteiger charge is 2.18. The summed E-state index contributed by atoms with van der Waals surface area (Å²) in [4.78, 5) is 16.6. The standard InChI is InChI=1S/C16H18N2OS/c19-16(12-6-2-1-3-7-12)17-11-10-15-18-13-8-4-5-9-14(13)20-15/h1-2,4-5,8-9,12H,3,6-7,10-11H2,(H,17,19). The van der Waals surface area contributed by atoms with Crippen LogP contribution in [0.5, 0.6) is 0 Å². The third-order valence-electron chi connectivity index (χ3n) is 3.62. The van der Waals surface area contributed by atoms with Crippen molar-refractivity contribution in [2.75, 3.05) is 6.54 Å². The van der Waals surface area contributed by atoms with Crippen LogP contribution in [0.4, 0.5) is 0 Å². The van der Waals surface area contributed by atoms with E-state index in [1.807, 2.05) is 18.2 Å². The molecule has 0 spiro atoms. The maximum absolute atomic E-state index is 12.0. The molecular formula is C16H18N2OS. The van der Waals surface area contributed by atoms with Gasteiger partial charge in [-0.3, -0.25) is 4.79 Å². The average Bonchev–Trinajstić information content (AvgIpc) is 2.90. The SMILES string of the molecule is O=C(NCCc1nc2ccccc2s1)C1CC=CCC1. The lowest BCUT2D eigenvalue weighted by atomic mass is 9.94. The van der Waals surface area contributed by atoms with Gasteiger partial charge in [-0.25, -0.2) is 4.98 Å². The molecule has 4 heteroatoms. The Hall–Kier alpha value is -1.68. The number of para-hydroxylation sites is 1. The number of nitrogens with one attached hydrogen (secondary N) is 1. The number of hydrogen-bond donors (Lipinski definition) is 1. The van der Waals surface area contributed by atoms with Gasteiger partial charge in [-0.1, -0.05) is 24.3 Å². The maximum Gasteiger partial charge on any atom is 0.223 e. The molecule has 104 valence electrons. The minimum absolute atomic E-state index is 0.162. The molecule has 1 aliphatic carbocycles. The number of thiazole rings is 1. The van der Waals surface area contributed by atoms with Gasteiger partial charge in [-0.2, -0.15) is 0 Å². The Kier molecular flexibility index (Phi) is 4.11. The fourth-order valence-corrected chi connectivity index (χ4v) is 3.46. The number of fused-ring (bicyclic) bond motifs is 1. The van der Waals surface area contributed by atoms with E-state index in [0.717, 1.165) is 36.2 Å². The monoisotopic (exact) mass is 286 g/mol. The molecule has 0 bridgehead atoms. The van der Waals surface area contributed by atoms with Crippen molar-refractivity contribution >= 4 is 27.5 Å². The highest BCUT2D eigenvalue weighted by Crippen LogP contribution is 2.22. The zero-order valence-corrected chi connectivity index (χ0v) is 12.2. The molecule has 1 aromatic carbocycles. The maximum atomic E-state index is 12.0. The normalized spacial score (nSPS) is 18.3. The lowest BCUT2D eigenvalue weighted by Crippen LogP contribution is -2.32. The Labute approximate surface area is 122 Å². The molecule has 0 saturated carbocycles.